The van der Waals surface area contributed by atoms with Gasteiger partial charge in [0.05, 0.1) is 23.6 Å². The second-order valence-electron chi connectivity index (χ2n) is 5.50. The van der Waals surface area contributed by atoms with E-state index in [0.717, 1.165) is 0 Å². The highest BCUT2D eigenvalue weighted by Gasteiger charge is 2.31. The molecule has 0 bridgehead atoms. The summed E-state index contributed by atoms with van der Waals surface area (Å²) in [7, 11) is -3.09. The van der Waals surface area contributed by atoms with Crippen molar-refractivity contribution < 1.29 is 18.0 Å². The Morgan fingerprint density at radius 1 is 1.40 bits per heavy atom. The van der Waals surface area contributed by atoms with Gasteiger partial charge in [0.2, 0.25) is 11.8 Å². The minimum absolute atomic E-state index is 0.00902. The van der Waals surface area contributed by atoms with E-state index in [0.29, 0.717) is 0 Å². The van der Waals surface area contributed by atoms with E-state index in [-0.39, 0.29) is 43.1 Å². The van der Waals surface area contributed by atoms with Gasteiger partial charge in [-0.25, -0.2) is 8.42 Å². The molecule has 1 fully saturated rings. The first-order chi connectivity index (χ1) is 9.15. The molecule has 8 heteroatoms. The Labute approximate surface area is 119 Å². The van der Waals surface area contributed by atoms with E-state index in [1.54, 1.807) is 6.92 Å². The molecule has 0 radical (unpaired) electrons. The molecule has 0 aliphatic carbocycles. The Morgan fingerprint density at radius 3 is 2.50 bits per heavy atom. The molecule has 2 atom stereocenters. The lowest BCUT2D eigenvalue weighted by Gasteiger charge is -2.31. The van der Waals surface area contributed by atoms with E-state index in [2.05, 4.69) is 5.32 Å². The van der Waals surface area contributed by atoms with Crippen molar-refractivity contribution in [3.8, 4) is 0 Å². The zero-order valence-corrected chi connectivity index (χ0v) is 12.9. The fraction of sp³-hybridized carbons (Fsp3) is 0.833. The third kappa shape index (κ3) is 4.17. The average molecular weight is 305 g/mol. The number of nitrogens with two attached hydrogens (primary N) is 1. The number of nitrogens with one attached hydrogen (secondary N) is 1. The lowest BCUT2D eigenvalue weighted by molar-refractivity contribution is -0.133. The van der Waals surface area contributed by atoms with Crippen LogP contribution in [-0.2, 0) is 19.4 Å². The summed E-state index contributed by atoms with van der Waals surface area (Å²) in [5, 5.41) is 1.93. The van der Waals surface area contributed by atoms with Crippen LogP contribution < -0.4 is 11.1 Å². The third-order valence-electron chi connectivity index (χ3n) is 3.52. The molecule has 3 N–H and O–H groups in total. The lowest BCUT2D eigenvalue weighted by atomic mass is 10.1. The third-order valence-corrected chi connectivity index (χ3v) is 5.65. The van der Waals surface area contributed by atoms with Crippen molar-refractivity contribution in [2.75, 3.05) is 25.4 Å². The van der Waals surface area contributed by atoms with Gasteiger partial charge in [-0.05, 0) is 12.8 Å². The van der Waals surface area contributed by atoms with Gasteiger partial charge >= 0.3 is 0 Å². The fourth-order valence-corrected chi connectivity index (χ4v) is 3.16. The van der Waals surface area contributed by atoms with Crippen molar-refractivity contribution in [1.82, 2.24) is 10.2 Å². The highest BCUT2D eigenvalue weighted by Crippen LogP contribution is 2.11. The second kappa shape index (κ2) is 6.53. The number of hydrogen-bond donors (Lipinski definition) is 2. The van der Waals surface area contributed by atoms with Crippen molar-refractivity contribution in [1.29, 1.82) is 0 Å². The maximum absolute atomic E-state index is 11.9. The Hall–Kier alpha value is -1.15. The standard InChI is InChI=1S/C12H23N3O4S/c1-8(2)11(13)12(17)14-6-10(16)15-4-5-20(18,19)9(3)7-15/h8-9,11H,4-7,13H2,1-3H3,(H,14,17)/t9?,11-/m0/s1. The maximum Gasteiger partial charge on any atom is 0.242 e. The summed E-state index contributed by atoms with van der Waals surface area (Å²) in [6, 6.07) is -0.650. The molecule has 20 heavy (non-hydrogen) atoms. The van der Waals surface area contributed by atoms with Gasteiger partial charge in [-0.15, -0.1) is 0 Å². The van der Waals surface area contributed by atoms with Gasteiger partial charge in [-0.1, -0.05) is 13.8 Å². The quantitative estimate of drug-likeness (QED) is 0.673. The molecule has 0 aromatic rings. The van der Waals surface area contributed by atoms with Crippen LogP contribution in [0.2, 0.25) is 0 Å². The number of carbonyl (C=O) groups is 2. The zero-order valence-electron chi connectivity index (χ0n) is 12.1. The summed E-state index contributed by atoms with van der Waals surface area (Å²) in [4.78, 5) is 25.0. The van der Waals surface area contributed by atoms with Crippen molar-refractivity contribution in [2.45, 2.75) is 32.1 Å². The van der Waals surface area contributed by atoms with Gasteiger partial charge in [0.1, 0.15) is 0 Å². The molecule has 1 aliphatic rings. The highest BCUT2D eigenvalue weighted by atomic mass is 32.2. The molecule has 1 saturated heterocycles. The molecule has 2 amide bonds. The van der Waals surface area contributed by atoms with Crippen LogP contribution >= 0.6 is 0 Å². The lowest BCUT2D eigenvalue weighted by Crippen LogP contribution is -2.52. The normalized spacial score (nSPS) is 23.4. The maximum atomic E-state index is 11.9. The average Bonchev–Trinajstić information content (AvgIpc) is 2.37. The Kier molecular flexibility index (Phi) is 5.52. The van der Waals surface area contributed by atoms with Gasteiger partial charge in [0.25, 0.3) is 0 Å². The monoisotopic (exact) mass is 305 g/mol. The number of hydrogen-bond acceptors (Lipinski definition) is 5. The minimum atomic E-state index is -3.09. The van der Waals surface area contributed by atoms with Gasteiger partial charge in [-0.2, -0.15) is 0 Å². The van der Waals surface area contributed by atoms with Gasteiger partial charge in [0.15, 0.2) is 9.84 Å². The molecule has 0 aromatic heterocycles. The van der Waals surface area contributed by atoms with Crippen LogP contribution in [0.25, 0.3) is 0 Å². The first-order valence-electron chi connectivity index (χ1n) is 6.67. The Bertz CT molecular complexity index is 475. The van der Waals surface area contributed by atoms with E-state index in [1.807, 2.05) is 13.8 Å². The van der Waals surface area contributed by atoms with Crippen molar-refractivity contribution in [3.63, 3.8) is 0 Å². The summed E-state index contributed by atoms with van der Waals surface area (Å²) >= 11 is 0. The minimum Gasteiger partial charge on any atom is -0.346 e. The molecular formula is C12H23N3O4S. The molecule has 1 unspecified atom stereocenters. The van der Waals surface area contributed by atoms with Gasteiger partial charge in [-0.3, -0.25) is 9.59 Å². The predicted octanol–water partition coefficient (Wildman–Crippen LogP) is -1.27. The predicted molar refractivity (Wildman–Crippen MR) is 75.7 cm³/mol. The van der Waals surface area contributed by atoms with E-state index in [4.69, 9.17) is 5.73 Å². The van der Waals surface area contributed by atoms with Crippen LogP contribution in [0.1, 0.15) is 20.8 Å². The molecule has 1 aliphatic heterocycles. The summed E-state index contributed by atoms with van der Waals surface area (Å²) in [6.45, 7) is 5.44. The van der Waals surface area contributed by atoms with Gasteiger partial charge in [0, 0.05) is 13.1 Å². The summed E-state index contributed by atoms with van der Waals surface area (Å²) in [5.41, 5.74) is 5.67. The molecule has 0 spiro atoms. The highest BCUT2D eigenvalue weighted by molar-refractivity contribution is 7.92. The summed E-state index contributed by atoms with van der Waals surface area (Å²) in [6.07, 6.45) is 0. The smallest absolute Gasteiger partial charge is 0.242 e. The van der Waals surface area contributed by atoms with Crippen LogP contribution in [0.15, 0.2) is 0 Å². The Balaban J connectivity index is 2.47. The number of nitrogens with zero attached hydrogens (tertiary/aromatic N) is 1. The SMILES string of the molecule is CC(C)[C@H](N)C(=O)NCC(=O)N1CCS(=O)(=O)C(C)C1. The van der Waals surface area contributed by atoms with Crippen molar-refractivity contribution in [2.24, 2.45) is 11.7 Å². The van der Waals surface area contributed by atoms with Crippen LogP contribution in [0.5, 0.6) is 0 Å². The van der Waals surface area contributed by atoms with Crippen LogP contribution in [0.4, 0.5) is 0 Å². The first kappa shape index (κ1) is 16.9. The van der Waals surface area contributed by atoms with Gasteiger partial charge < -0.3 is 16.0 Å². The molecule has 7 nitrogen and oxygen atoms in total. The van der Waals surface area contributed by atoms with Crippen molar-refractivity contribution in [3.05, 3.63) is 0 Å². The van der Waals surface area contributed by atoms with Crippen LogP contribution in [0, 0.1) is 5.92 Å². The number of amides is 2. The topological polar surface area (TPSA) is 110 Å². The number of rotatable bonds is 4. The zero-order chi connectivity index (χ0) is 15.5. The number of sulfone groups is 1. The molecule has 1 rings (SSSR count). The fourth-order valence-electron chi connectivity index (χ4n) is 1.88. The van der Waals surface area contributed by atoms with Crippen LogP contribution in [0.3, 0.4) is 0 Å². The Morgan fingerprint density at radius 2 is 2.00 bits per heavy atom. The van der Waals surface area contributed by atoms with E-state index >= 15 is 0 Å². The van der Waals surface area contributed by atoms with Crippen molar-refractivity contribution >= 4 is 21.7 Å². The number of carbonyl (C=O) groups excluding carboxylic acids is 2. The van der Waals surface area contributed by atoms with E-state index in [1.165, 1.54) is 4.90 Å². The van der Waals surface area contributed by atoms with Crippen LogP contribution in [-0.4, -0.2) is 61.8 Å². The summed E-state index contributed by atoms with van der Waals surface area (Å²) < 4.78 is 23.1. The second-order valence-corrected chi connectivity index (χ2v) is 8.04. The van der Waals surface area contributed by atoms with E-state index < -0.39 is 21.1 Å². The molecule has 0 aromatic carbocycles. The molecule has 116 valence electrons. The largest absolute Gasteiger partial charge is 0.346 e. The molecule has 1 heterocycles. The molecular weight excluding hydrogens is 282 g/mol. The van der Waals surface area contributed by atoms with E-state index in [9.17, 15) is 18.0 Å². The first-order valence-corrected chi connectivity index (χ1v) is 8.39. The molecule has 0 saturated carbocycles. The summed E-state index contributed by atoms with van der Waals surface area (Å²) in [5.74, 6) is -0.688.